The van der Waals surface area contributed by atoms with Gasteiger partial charge in [-0.05, 0) is 12.1 Å². The van der Waals surface area contributed by atoms with Crippen molar-refractivity contribution < 1.29 is 18.0 Å². The van der Waals surface area contributed by atoms with Crippen LogP contribution in [0.3, 0.4) is 0 Å². The third-order valence-electron chi connectivity index (χ3n) is 3.79. The number of benzene rings is 1. The van der Waals surface area contributed by atoms with E-state index in [1.54, 1.807) is 43.3 Å². The summed E-state index contributed by atoms with van der Waals surface area (Å²) in [5, 5.41) is 4.01. The Labute approximate surface area is 139 Å². The van der Waals surface area contributed by atoms with E-state index in [0.717, 1.165) is 5.56 Å². The molecule has 2 amide bonds. The Kier molecular flexibility index (Phi) is 3.88. The summed E-state index contributed by atoms with van der Waals surface area (Å²) >= 11 is 0. The molecular formula is C15H16N4O4S. The maximum atomic E-state index is 12.4. The average molecular weight is 348 g/mol. The minimum absolute atomic E-state index is 0.0577. The van der Waals surface area contributed by atoms with Crippen molar-refractivity contribution in [3.63, 3.8) is 0 Å². The number of amides is 2. The van der Waals surface area contributed by atoms with Gasteiger partial charge in [-0.2, -0.15) is 5.10 Å². The Morgan fingerprint density at radius 1 is 1.29 bits per heavy atom. The van der Waals surface area contributed by atoms with Crippen molar-refractivity contribution in [2.45, 2.75) is 11.4 Å². The van der Waals surface area contributed by atoms with Crippen LogP contribution < -0.4 is 0 Å². The molecule has 0 unspecified atom stereocenters. The molecule has 1 aliphatic rings. The molecule has 0 spiro atoms. The van der Waals surface area contributed by atoms with Crippen molar-refractivity contribution in [1.82, 2.24) is 19.0 Å². The molecular weight excluding hydrogens is 332 g/mol. The second kappa shape index (κ2) is 5.75. The number of aromatic nitrogens is 2. The fourth-order valence-electron chi connectivity index (χ4n) is 2.55. The minimum Gasteiger partial charge on any atom is -0.340 e. The van der Waals surface area contributed by atoms with Gasteiger partial charge in [-0.25, -0.2) is 12.7 Å². The topological polar surface area (TPSA) is 92.6 Å². The maximum absolute atomic E-state index is 12.4. The molecule has 1 aromatic heterocycles. The Morgan fingerprint density at radius 3 is 2.62 bits per heavy atom. The van der Waals surface area contributed by atoms with Crippen molar-refractivity contribution in [2.24, 2.45) is 7.05 Å². The van der Waals surface area contributed by atoms with E-state index >= 15 is 0 Å². The number of carbonyl (C=O) groups is 2. The molecule has 0 N–H and O–H groups in total. The lowest BCUT2D eigenvalue weighted by Crippen LogP contribution is -2.40. The van der Waals surface area contributed by atoms with Gasteiger partial charge in [0.05, 0.1) is 11.8 Å². The number of hydrogen-bond donors (Lipinski definition) is 0. The van der Waals surface area contributed by atoms with E-state index in [-0.39, 0.29) is 17.0 Å². The molecule has 2 heterocycles. The molecule has 9 heteroatoms. The first-order valence-electron chi connectivity index (χ1n) is 7.18. The smallest absolute Gasteiger partial charge is 0.269 e. The molecule has 0 aliphatic carbocycles. The molecule has 0 atom stereocenters. The second-order valence-corrected chi connectivity index (χ2v) is 7.42. The molecule has 0 bridgehead atoms. The van der Waals surface area contributed by atoms with Crippen LogP contribution in [0.15, 0.2) is 41.6 Å². The van der Waals surface area contributed by atoms with Gasteiger partial charge in [-0.1, -0.05) is 12.1 Å². The zero-order valence-electron chi connectivity index (χ0n) is 13.2. The first-order chi connectivity index (χ1) is 11.3. The Hall–Kier alpha value is -2.68. The predicted molar refractivity (Wildman–Crippen MR) is 84.3 cm³/mol. The highest BCUT2D eigenvalue weighted by Crippen LogP contribution is 2.29. The summed E-state index contributed by atoms with van der Waals surface area (Å²) in [7, 11) is -0.660. The molecule has 1 aromatic carbocycles. The maximum Gasteiger partial charge on any atom is 0.269 e. The molecule has 0 radical (unpaired) electrons. The van der Waals surface area contributed by atoms with Crippen LogP contribution in [0.25, 0.3) is 0 Å². The zero-order valence-corrected chi connectivity index (χ0v) is 14.0. The van der Waals surface area contributed by atoms with E-state index in [1.807, 2.05) is 0 Å². The first-order valence-corrected chi connectivity index (χ1v) is 8.62. The molecule has 0 saturated heterocycles. The van der Waals surface area contributed by atoms with Gasteiger partial charge in [0.1, 0.15) is 11.4 Å². The molecule has 1 aliphatic heterocycles. The van der Waals surface area contributed by atoms with Crippen LogP contribution in [0.1, 0.15) is 15.9 Å². The number of nitrogens with zero attached hydrogens (tertiary/aromatic N) is 4. The number of carbonyl (C=O) groups excluding carboxylic acids is 2. The van der Waals surface area contributed by atoms with Gasteiger partial charge >= 0.3 is 0 Å². The Balaban J connectivity index is 1.76. The standard InChI is InChI=1S/C15H16N4O4S/c1-17(8-11-7-16-18(2)9-11)14(20)10-19-15(21)12-5-3-4-6-13(12)24(19,22)23/h3-7,9H,8,10H2,1-2H3. The normalized spacial score (nSPS) is 15.4. The van der Waals surface area contributed by atoms with Crippen molar-refractivity contribution >= 4 is 21.8 Å². The first kappa shape index (κ1) is 16.2. The predicted octanol–water partition coefficient (Wildman–Crippen LogP) is 0.223. The van der Waals surface area contributed by atoms with Crippen LogP contribution in [0.2, 0.25) is 0 Å². The largest absolute Gasteiger partial charge is 0.340 e. The number of fused-ring (bicyclic) bond motifs is 1. The zero-order chi connectivity index (χ0) is 17.5. The summed E-state index contributed by atoms with van der Waals surface area (Å²) in [4.78, 5) is 25.9. The summed E-state index contributed by atoms with van der Waals surface area (Å²) < 4.78 is 27.1. The molecule has 0 saturated carbocycles. The monoisotopic (exact) mass is 348 g/mol. The molecule has 0 fully saturated rings. The number of likely N-dealkylation sites (N-methyl/N-ethyl adjacent to an activating group) is 1. The average Bonchev–Trinajstić information content (AvgIpc) is 3.03. The lowest BCUT2D eigenvalue weighted by Gasteiger charge is -2.20. The van der Waals surface area contributed by atoms with E-state index in [1.165, 1.54) is 17.0 Å². The third-order valence-corrected chi connectivity index (χ3v) is 5.58. The van der Waals surface area contributed by atoms with E-state index in [4.69, 9.17) is 0 Å². The van der Waals surface area contributed by atoms with Gasteiger partial charge in [-0.3, -0.25) is 14.3 Å². The van der Waals surface area contributed by atoms with Crippen molar-refractivity contribution in [2.75, 3.05) is 13.6 Å². The lowest BCUT2D eigenvalue weighted by atomic mass is 10.2. The summed E-state index contributed by atoms with van der Waals surface area (Å²) in [6, 6.07) is 5.95. The number of aryl methyl sites for hydroxylation is 1. The summed E-state index contributed by atoms with van der Waals surface area (Å²) in [6.45, 7) is -0.242. The van der Waals surface area contributed by atoms with E-state index in [0.29, 0.717) is 4.31 Å². The van der Waals surface area contributed by atoms with E-state index < -0.39 is 28.4 Å². The van der Waals surface area contributed by atoms with Crippen LogP contribution in [-0.4, -0.2) is 52.8 Å². The van der Waals surface area contributed by atoms with Crippen molar-refractivity contribution in [1.29, 1.82) is 0 Å². The van der Waals surface area contributed by atoms with Gasteiger partial charge in [0.25, 0.3) is 15.9 Å². The fourth-order valence-corrected chi connectivity index (χ4v) is 4.06. The highest BCUT2D eigenvalue weighted by atomic mass is 32.2. The van der Waals surface area contributed by atoms with Crippen molar-refractivity contribution in [3.8, 4) is 0 Å². The number of hydrogen-bond acceptors (Lipinski definition) is 5. The van der Waals surface area contributed by atoms with Crippen LogP contribution in [0, 0.1) is 0 Å². The van der Waals surface area contributed by atoms with Gasteiger partial charge < -0.3 is 4.90 Å². The summed E-state index contributed by atoms with van der Waals surface area (Å²) in [5.74, 6) is -1.14. The third kappa shape index (κ3) is 2.67. The number of sulfonamides is 1. The van der Waals surface area contributed by atoms with Gasteiger partial charge in [0.2, 0.25) is 5.91 Å². The van der Waals surface area contributed by atoms with Crippen LogP contribution >= 0.6 is 0 Å². The molecule has 2 aromatic rings. The SMILES string of the molecule is CN(Cc1cnn(C)c1)C(=O)CN1C(=O)c2ccccc2S1(=O)=O. The number of rotatable bonds is 4. The van der Waals surface area contributed by atoms with Crippen LogP contribution in [0.4, 0.5) is 0 Å². The van der Waals surface area contributed by atoms with E-state index in [9.17, 15) is 18.0 Å². The highest BCUT2D eigenvalue weighted by Gasteiger charge is 2.42. The Bertz CT molecular complexity index is 919. The van der Waals surface area contributed by atoms with Crippen LogP contribution in [0.5, 0.6) is 0 Å². The molecule has 24 heavy (non-hydrogen) atoms. The summed E-state index contributed by atoms with van der Waals surface area (Å²) in [6.07, 6.45) is 3.38. The van der Waals surface area contributed by atoms with Crippen molar-refractivity contribution in [3.05, 3.63) is 47.8 Å². The minimum atomic E-state index is -3.97. The highest BCUT2D eigenvalue weighted by molar-refractivity contribution is 7.90. The molecule has 126 valence electrons. The van der Waals surface area contributed by atoms with Gasteiger partial charge in [-0.15, -0.1) is 0 Å². The molecule has 8 nitrogen and oxygen atoms in total. The summed E-state index contributed by atoms with van der Waals surface area (Å²) in [5.41, 5.74) is 0.910. The fraction of sp³-hybridized carbons (Fsp3) is 0.267. The van der Waals surface area contributed by atoms with E-state index in [2.05, 4.69) is 5.10 Å². The second-order valence-electron chi connectivity index (χ2n) is 5.59. The Morgan fingerprint density at radius 2 is 2.00 bits per heavy atom. The quantitative estimate of drug-likeness (QED) is 0.788. The van der Waals surface area contributed by atoms with Gasteiger partial charge in [0, 0.05) is 32.4 Å². The molecule has 3 rings (SSSR count). The lowest BCUT2D eigenvalue weighted by molar-refractivity contribution is -0.130. The van der Waals surface area contributed by atoms with Gasteiger partial charge in [0.15, 0.2) is 0 Å². The van der Waals surface area contributed by atoms with Crippen LogP contribution in [-0.2, 0) is 28.4 Å².